The number of hydrogen-bond donors (Lipinski definition) is 2. The van der Waals surface area contributed by atoms with Crippen molar-refractivity contribution in [2.24, 2.45) is 11.5 Å². The Hall–Kier alpha value is -1.46. The van der Waals surface area contributed by atoms with E-state index in [2.05, 4.69) is 13.8 Å². The van der Waals surface area contributed by atoms with Gasteiger partial charge in [0, 0.05) is 0 Å². The topological polar surface area (TPSA) is 105 Å². The van der Waals surface area contributed by atoms with Gasteiger partial charge in [-0.3, -0.25) is 0 Å². The second-order valence-electron chi connectivity index (χ2n) is 21.3. The predicted molar refractivity (Wildman–Crippen MR) is 290 cm³/mol. The molecule has 394 valence electrons. The molecule has 0 bridgehead atoms. The van der Waals surface area contributed by atoms with Crippen LogP contribution >= 0.6 is 0 Å². The highest BCUT2D eigenvalue weighted by atomic mass is 16.6. The van der Waals surface area contributed by atoms with Gasteiger partial charge in [0.15, 0.2) is 0 Å². The van der Waals surface area contributed by atoms with Gasteiger partial charge < -0.3 is 20.9 Å². The van der Waals surface area contributed by atoms with Gasteiger partial charge >= 0.3 is 12.2 Å². The van der Waals surface area contributed by atoms with E-state index < -0.39 is 17.8 Å². The minimum Gasteiger partial charge on any atom is -0.450 e. The zero-order valence-electron chi connectivity index (χ0n) is 45.2. The van der Waals surface area contributed by atoms with E-state index in [1.807, 2.05) is 0 Å². The van der Waals surface area contributed by atoms with Crippen molar-refractivity contribution in [3.05, 3.63) is 0 Å². The van der Waals surface area contributed by atoms with Crippen LogP contribution in [0.4, 0.5) is 9.59 Å². The standard InChI is InChI=1S/C60H120N2O4/c1-3-5-7-9-11-13-15-17-19-21-23-25-27-29-31-33-35-37-39-41-43-45-47-50-54-60(66-59(62)64,56-52-49-53-57-65-58(61)63)55-51-48-46-44-42-40-38-36-34-32-30-28-26-24-22-20-18-16-14-12-10-8-6-4-2/h3-57H2,1-2H3,(H2,61,63)(H2,62,64). The van der Waals surface area contributed by atoms with E-state index in [1.54, 1.807) is 0 Å². The zero-order valence-corrected chi connectivity index (χ0v) is 45.2. The summed E-state index contributed by atoms with van der Waals surface area (Å²) < 4.78 is 11.0. The molecule has 0 saturated heterocycles. The molecule has 0 radical (unpaired) electrons. The van der Waals surface area contributed by atoms with E-state index in [0.717, 1.165) is 51.4 Å². The Balaban J connectivity index is 4.05. The van der Waals surface area contributed by atoms with Crippen LogP contribution < -0.4 is 11.5 Å². The first kappa shape index (κ1) is 64.5. The van der Waals surface area contributed by atoms with Crippen molar-refractivity contribution in [2.75, 3.05) is 6.61 Å². The first-order chi connectivity index (χ1) is 32.5. The van der Waals surface area contributed by atoms with E-state index in [1.165, 1.54) is 295 Å². The molecule has 0 aromatic carbocycles. The summed E-state index contributed by atoms with van der Waals surface area (Å²) in [6.07, 6.45) is 70.6. The van der Waals surface area contributed by atoms with E-state index >= 15 is 0 Å². The van der Waals surface area contributed by atoms with Crippen molar-refractivity contribution < 1.29 is 19.1 Å². The Bertz CT molecular complexity index is 907. The van der Waals surface area contributed by atoms with Crippen LogP contribution in [0.1, 0.15) is 361 Å². The molecule has 0 atom stereocenters. The molecule has 2 amide bonds. The number of hydrogen-bond acceptors (Lipinski definition) is 4. The third-order valence-corrected chi connectivity index (χ3v) is 14.8. The van der Waals surface area contributed by atoms with Gasteiger partial charge in [-0.1, -0.05) is 309 Å². The molecule has 0 rings (SSSR count). The molecule has 0 spiro atoms. The normalized spacial score (nSPS) is 11.7. The number of nitrogens with two attached hydrogens (primary N) is 2. The van der Waals surface area contributed by atoms with Gasteiger partial charge in [0.05, 0.1) is 6.61 Å². The van der Waals surface area contributed by atoms with E-state index in [4.69, 9.17) is 20.9 Å². The lowest BCUT2D eigenvalue weighted by Gasteiger charge is -2.33. The molecule has 6 nitrogen and oxygen atoms in total. The Morgan fingerprint density at radius 1 is 0.273 bits per heavy atom. The van der Waals surface area contributed by atoms with Crippen LogP contribution in [-0.2, 0) is 9.47 Å². The fourth-order valence-corrected chi connectivity index (χ4v) is 10.5. The highest BCUT2D eigenvalue weighted by Gasteiger charge is 2.32. The molecule has 6 heteroatoms. The van der Waals surface area contributed by atoms with Crippen molar-refractivity contribution in [1.29, 1.82) is 0 Å². The Morgan fingerprint density at radius 2 is 0.455 bits per heavy atom. The Morgan fingerprint density at radius 3 is 0.636 bits per heavy atom. The monoisotopic (exact) mass is 933 g/mol. The average Bonchev–Trinajstić information content (AvgIpc) is 3.30. The lowest BCUT2D eigenvalue weighted by atomic mass is 9.84. The van der Waals surface area contributed by atoms with Crippen molar-refractivity contribution >= 4 is 12.2 Å². The molecule has 0 aliphatic heterocycles. The summed E-state index contributed by atoms with van der Waals surface area (Å²) in [7, 11) is 0. The summed E-state index contributed by atoms with van der Waals surface area (Å²) >= 11 is 0. The van der Waals surface area contributed by atoms with Crippen LogP contribution in [-0.4, -0.2) is 24.4 Å². The number of primary amides is 2. The highest BCUT2D eigenvalue weighted by molar-refractivity contribution is 5.65. The Kier molecular flexibility index (Phi) is 53.3. The molecule has 0 heterocycles. The van der Waals surface area contributed by atoms with Crippen LogP contribution in [0.25, 0.3) is 0 Å². The minimum atomic E-state index is -0.716. The molecule has 0 fully saturated rings. The van der Waals surface area contributed by atoms with Crippen LogP contribution in [0.2, 0.25) is 0 Å². The first-order valence-corrected chi connectivity index (χ1v) is 30.4. The Labute approximate surface area is 414 Å². The highest BCUT2D eigenvalue weighted by Crippen LogP contribution is 2.33. The first-order valence-electron chi connectivity index (χ1n) is 30.4. The lowest BCUT2D eigenvalue weighted by molar-refractivity contribution is -0.00989. The van der Waals surface area contributed by atoms with Crippen LogP contribution in [0.3, 0.4) is 0 Å². The van der Waals surface area contributed by atoms with Crippen LogP contribution in [0.5, 0.6) is 0 Å². The molecule has 66 heavy (non-hydrogen) atoms. The maximum Gasteiger partial charge on any atom is 0.405 e. The lowest BCUT2D eigenvalue weighted by Crippen LogP contribution is -2.37. The molecular formula is C60H120N2O4. The number of carbonyl (C=O) groups is 2. The maximum absolute atomic E-state index is 12.2. The molecule has 0 aliphatic carbocycles. The van der Waals surface area contributed by atoms with E-state index in [0.29, 0.717) is 6.61 Å². The fourth-order valence-electron chi connectivity index (χ4n) is 10.5. The maximum atomic E-state index is 12.2. The summed E-state index contributed by atoms with van der Waals surface area (Å²) in [6, 6.07) is 0. The smallest absolute Gasteiger partial charge is 0.405 e. The van der Waals surface area contributed by atoms with Gasteiger partial charge in [0.25, 0.3) is 0 Å². The fraction of sp³-hybridized carbons (Fsp3) is 0.967. The number of ether oxygens (including phenoxy) is 2. The van der Waals surface area contributed by atoms with Gasteiger partial charge in [0.1, 0.15) is 5.60 Å². The quantitative estimate of drug-likeness (QED) is 0.0593. The number of amides is 2. The van der Waals surface area contributed by atoms with Crippen molar-refractivity contribution in [3.8, 4) is 0 Å². The van der Waals surface area contributed by atoms with Crippen LogP contribution in [0.15, 0.2) is 0 Å². The zero-order chi connectivity index (χ0) is 48.0. The molecule has 0 unspecified atom stereocenters. The molecular weight excluding hydrogens is 813 g/mol. The SMILES string of the molecule is CCCCCCCCCCCCCCCCCCCCCCCCCCC(CCCCCCCCCCCCCCCCCCCCCCCCCC)(CCCCCOC(N)=O)OC(N)=O. The molecule has 4 N–H and O–H groups in total. The minimum absolute atomic E-state index is 0.345. The third kappa shape index (κ3) is 51.9. The van der Waals surface area contributed by atoms with Crippen LogP contribution in [0, 0.1) is 0 Å². The molecule has 0 aromatic heterocycles. The number of rotatable bonds is 57. The predicted octanol–water partition coefficient (Wildman–Crippen LogP) is 21.0. The molecule has 0 aliphatic rings. The number of unbranched alkanes of at least 4 members (excludes halogenated alkanes) is 48. The third-order valence-electron chi connectivity index (χ3n) is 14.8. The van der Waals surface area contributed by atoms with Crippen molar-refractivity contribution in [1.82, 2.24) is 0 Å². The van der Waals surface area contributed by atoms with E-state index in [9.17, 15) is 9.59 Å². The second kappa shape index (κ2) is 54.5. The van der Waals surface area contributed by atoms with Gasteiger partial charge in [-0.2, -0.15) is 0 Å². The van der Waals surface area contributed by atoms with Gasteiger partial charge in [-0.15, -0.1) is 0 Å². The summed E-state index contributed by atoms with van der Waals surface area (Å²) in [5.74, 6) is 0. The number of carbonyl (C=O) groups excluding carboxylic acids is 2. The molecule has 0 aromatic rings. The summed E-state index contributed by atoms with van der Waals surface area (Å²) in [5, 5.41) is 0. The van der Waals surface area contributed by atoms with Gasteiger partial charge in [0.2, 0.25) is 0 Å². The summed E-state index contributed by atoms with van der Waals surface area (Å²) in [6.45, 7) is 4.95. The molecule has 0 saturated carbocycles. The van der Waals surface area contributed by atoms with Gasteiger partial charge in [-0.05, 0) is 51.4 Å². The van der Waals surface area contributed by atoms with E-state index in [-0.39, 0.29) is 0 Å². The van der Waals surface area contributed by atoms with Gasteiger partial charge in [-0.25, -0.2) is 9.59 Å². The second-order valence-corrected chi connectivity index (χ2v) is 21.3. The van der Waals surface area contributed by atoms with Crippen molar-refractivity contribution in [3.63, 3.8) is 0 Å². The average molecular weight is 934 g/mol. The summed E-state index contributed by atoms with van der Waals surface area (Å²) in [5.41, 5.74) is 10.4. The largest absolute Gasteiger partial charge is 0.450 e. The van der Waals surface area contributed by atoms with Crippen molar-refractivity contribution in [2.45, 2.75) is 366 Å². The summed E-state index contributed by atoms with van der Waals surface area (Å²) in [4.78, 5) is 23.2.